The van der Waals surface area contributed by atoms with Crippen molar-refractivity contribution in [1.82, 2.24) is 9.88 Å². The first-order valence-corrected chi connectivity index (χ1v) is 5.90. The van der Waals surface area contributed by atoms with Gasteiger partial charge in [0.05, 0.1) is 5.97 Å². The van der Waals surface area contributed by atoms with E-state index >= 15 is 0 Å². The average molecular weight is 270 g/mol. The van der Waals surface area contributed by atoms with Crippen LogP contribution in [0.25, 0.3) is 0 Å². The Kier molecular flexibility index (Phi) is 5.85. The van der Waals surface area contributed by atoms with Gasteiger partial charge in [0, 0.05) is 31.6 Å². The molecule has 0 bridgehead atoms. The molecule has 1 heterocycles. The van der Waals surface area contributed by atoms with Gasteiger partial charge in [0.1, 0.15) is 0 Å². The van der Waals surface area contributed by atoms with Gasteiger partial charge in [-0.15, -0.1) is 0 Å². The molecule has 1 N–H and O–H groups in total. The standard InChI is InChI=1S/C13H16N2O3.Na/c1-15-6-5-9(8-15)7-14-12(16)10-3-2-4-11(10)13(17)18;/h5-6,8H,2-4,7H2,1H3,(H,14,16)(H,17,18);/q;+1/p-1. The van der Waals surface area contributed by atoms with Crippen molar-refractivity contribution in [3.05, 3.63) is 35.2 Å². The van der Waals surface area contributed by atoms with Crippen molar-refractivity contribution in [1.29, 1.82) is 0 Å². The van der Waals surface area contributed by atoms with E-state index in [9.17, 15) is 14.7 Å². The molecule has 1 aromatic rings. The largest absolute Gasteiger partial charge is 1.00 e. The molecule has 19 heavy (non-hydrogen) atoms. The number of carbonyl (C=O) groups excluding carboxylic acids is 2. The zero-order valence-corrected chi connectivity index (χ0v) is 13.2. The minimum atomic E-state index is -1.22. The molecule has 0 fully saturated rings. The van der Waals surface area contributed by atoms with Crippen LogP contribution in [0.15, 0.2) is 29.6 Å². The van der Waals surface area contributed by atoms with Gasteiger partial charge in [-0.3, -0.25) is 4.79 Å². The quantitative estimate of drug-likeness (QED) is 0.588. The average Bonchev–Trinajstić information content (AvgIpc) is 2.94. The second kappa shape index (κ2) is 6.93. The summed E-state index contributed by atoms with van der Waals surface area (Å²) in [6.45, 7) is 0.406. The zero-order valence-electron chi connectivity index (χ0n) is 11.2. The molecule has 0 spiro atoms. The maximum Gasteiger partial charge on any atom is 1.00 e. The minimum Gasteiger partial charge on any atom is -0.545 e. The number of aliphatic carboxylic acids is 1. The number of nitrogens with one attached hydrogen (secondary N) is 1. The topological polar surface area (TPSA) is 74.2 Å². The molecule has 1 aliphatic carbocycles. The minimum absolute atomic E-state index is 0. The molecule has 0 unspecified atom stereocenters. The third-order valence-corrected chi connectivity index (χ3v) is 3.08. The first-order chi connectivity index (χ1) is 8.58. The Morgan fingerprint density at radius 2 is 2.05 bits per heavy atom. The first-order valence-electron chi connectivity index (χ1n) is 5.90. The molecule has 5 nitrogen and oxygen atoms in total. The summed E-state index contributed by atoms with van der Waals surface area (Å²) in [6, 6.07) is 1.91. The van der Waals surface area contributed by atoms with E-state index in [1.807, 2.05) is 30.1 Å². The van der Waals surface area contributed by atoms with E-state index < -0.39 is 5.97 Å². The smallest absolute Gasteiger partial charge is 0.545 e. The Hall–Kier alpha value is -1.04. The third kappa shape index (κ3) is 3.96. The van der Waals surface area contributed by atoms with Gasteiger partial charge >= 0.3 is 29.6 Å². The number of hydrogen-bond donors (Lipinski definition) is 1. The molecule has 0 saturated heterocycles. The van der Waals surface area contributed by atoms with E-state index in [4.69, 9.17) is 0 Å². The Labute approximate surface area is 134 Å². The van der Waals surface area contributed by atoms with Crippen LogP contribution in [-0.4, -0.2) is 16.4 Å². The molecule has 0 aliphatic heterocycles. The SMILES string of the molecule is Cn1ccc(CNC(=O)C2=C(C(=O)[O-])CCC2)c1.[Na+]. The number of aromatic nitrogens is 1. The predicted molar refractivity (Wildman–Crippen MR) is 63.1 cm³/mol. The molecule has 0 aromatic carbocycles. The van der Waals surface area contributed by atoms with Crippen molar-refractivity contribution in [2.45, 2.75) is 25.8 Å². The fourth-order valence-corrected chi connectivity index (χ4v) is 2.17. The van der Waals surface area contributed by atoms with Crippen LogP contribution in [0.3, 0.4) is 0 Å². The molecule has 0 saturated carbocycles. The Morgan fingerprint density at radius 1 is 1.37 bits per heavy atom. The first kappa shape index (κ1) is 16.0. The van der Waals surface area contributed by atoms with Crippen LogP contribution in [-0.2, 0) is 23.2 Å². The summed E-state index contributed by atoms with van der Waals surface area (Å²) in [7, 11) is 1.90. The van der Waals surface area contributed by atoms with Gasteiger partial charge in [-0.2, -0.15) is 0 Å². The molecule has 2 rings (SSSR count). The van der Waals surface area contributed by atoms with Crippen LogP contribution in [0.1, 0.15) is 24.8 Å². The molecular weight excluding hydrogens is 255 g/mol. The summed E-state index contributed by atoms with van der Waals surface area (Å²) in [4.78, 5) is 22.7. The molecule has 1 aliphatic rings. The number of aryl methyl sites for hydroxylation is 1. The molecule has 6 heteroatoms. The van der Waals surface area contributed by atoms with Crippen molar-refractivity contribution < 1.29 is 44.3 Å². The van der Waals surface area contributed by atoms with E-state index in [2.05, 4.69) is 5.32 Å². The summed E-state index contributed by atoms with van der Waals surface area (Å²) in [6.07, 6.45) is 5.45. The Bertz CT molecular complexity index is 520. The number of nitrogens with zero attached hydrogens (tertiary/aromatic N) is 1. The molecule has 0 radical (unpaired) electrons. The number of carboxylic acids is 1. The molecule has 1 aromatic heterocycles. The van der Waals surface area contributed by atoms with Gasteiger partial charge in [-0.25, -0.2) is 0 Å². The molecule has 96 valence electrons. The normalized spacial score (nSPS) is 14.2. The van der Waals surface area contributed by atoms with E-state index in [1.54, 1.807) is 0 Å². The summed E-state index contributed by atoms with van der Waals surface area (Å²) in [5, 5.41) is 13.6. The van der Waals surface area contributed by atoms with E-state index in [1.165, 1.54) is 0 Å². The van der Waals surface area contributed by atoms with E-state index in [-0.39, 0.29) is 41.0 Å². The number of amides is 1. The van der Waals surface area contributed by atoms with Gasteiger partial charge in [-0.1, -0.05) is 0 Å². The third-order valence-electron chi connectivity index (χ3n) is 3.08. The van der Waals surface area contributed by atoms with E-state index in [0.29, 0.717) is 31.4 Å². The molecule has 1 amide bonds. The predicted octanol–water partition coefficient (Wildman–Crippen LogP) is -3.12. The van der Waals surface area contributed by atoms with Gasteiger partial charge in [0.2, 0.25) is 5.91 Å². The van der Waals surface area contributed by atoms with Crippen molar-refractivity contribution in [2.75, 3.05) is 0 Å². The van der Waals surface area contributed by atoms with Gasteiger partial charge < -0.3 is 19.8 Å². The van der Waals surface area contributed by atoms with Crippen LogP contribution in [0.2, 0.25) is 0 Å². The van der Waals surface area contributed by atoms with Crippen LogP contribution in [0.4, 0.5) is 0 Å². The second-order valence-corrected chi connectivity index (χ2v) is 4.47. The van der Waals surface area contributed by atoms with Crippen molar-refractivity contribution in [3.8, 4) is 0 Å². The number of carbonyl (C=O) groups is 2. The van der Waals surface area contributed by atoms with Gasteiger partial charge in [-0.05, 0) is 36.5 Å². The van der Waals surface area contributed by atoms with Gasteiger partial charge in [0.25, 0.3) is 0 Å². The van der Waals surface area contributed by atoms with Crippen molar-refractivity contribution in [3.63, 3.8) is 0 Å². The number of hydrogen-bond acceptors (Lipinski definition) is 3. The maximum atomic E-state index is 11.9. The van der Waals surface area contributed by atoms with Gasteiger partial charge in [0.15, 0.2) is 0 Å². The Morgan fingerprint density at radius 3 is 2.63 bits per heavy atom. The summed E-state index contributed by atoms with van der Waals surface area (Å²) in [5.41, 5.74) is 1.51. The fourth-order valence-electron chi connectivity index (χ4n) is 2.17. The monoisotopic (exact) mass is 270 g/mol. The number of carboxylic acid groups (broad SMARTS) is 1. The summed E-state index contributed by atoms with van der Waals surface area (Å²) in [5.74, 6) is -1.52. The fraction of sp³-hybridized carbons (Fsp3) is 0.385. The molecule has 0 atom stereocenters. The van der Waals surface area contributed by atoms with E-state index in [0.717, 1.165) is 5.56 Å². The summed E-state index contributed by atoms with van der Waals surface area (Å²) >= 11 is 0. The van der Waals surface area contributed by atoms with Crippen LogP contribution in [0, 0.1) is 0 Å². The van der Waals surface area contributed by atoms with Crippen LogP contribution < -0.4 is 40.0 Å². The maximum absolute atomic E-state index is 11.9. The van der Waals surface area contributed by atoms with Crippen LogP contribution >= 0.6 is 0 Å². The zero-order chi connectivity index (χ0) is 13.1. The number of rotatable bonds is 4. The van der Waals surface area contributed by atoms with Crippen molar-refractivity contribution in [2.24, 2.45) is 7.05 Å². The summed E-state index contributed by atoms with van der Waals surface area (Å²) < 4.78 is 1.89. The molecular formula is C13H15N2NaO3. The Balaban J connectivity index is 0.00000180. The van der Waals surface area contributed by atoms with Crippen LogP contribution in [0.5, 0.6) is 0 Å². The second-order valence-electron chi connectivity index (χ2n) is 4.47. The van der Waals surface area contributed by atoms with Crippen molar-refractivity contribution >= 4 is 11.9 Å².